The lowest BCUT2D eigenvalue weighted by Crippen LogP contribution is -2.20. The van der Waals surface area contributed by atoms with E-state index in [4.69, 9.17) is 9.47 Å². The number of ketones is 2. The van der Waals surface area contributed by atoms with Gasteiger partial charge in [-0.25, -0.2) is 0 Å². The number of allylic oxidation sites excluding steroid dienone is 2. The molecule has 0 radical (unpaired) electrons. The van der Waals surface area contributed by atoms with Crippen LogP contribution in [-0.4, -0.2) is 24.8 Å². The molecule has 0 fully saturated rings. The third-order valence-corrected chi connectivity index (χ3v) is 7.15. The van der Waals surface area contributed by atoms with Crippen molar-refractivity contribution in [3.8, 4) is 22.3 Å². The molecule has 4 heteroatoms. The normalized spacial score (nSPS) is 11.6. The van der Waals surface area contributed by atoms with Gasteiger partial charge in [-0.1, -0.05) is 98.8 Å². The zero-order chi connectivity index (χ0) is 29.2. The van der Waals surface area contributed by atoms with Crippen molar-refractivity contribution in [1.82, 2.24) is 0 Å². The zero-order valence-corrected chi connectivity index (χ0v) is 24.1. The van der Waals surface area contributed by atoms with Gasteiger partial charge in [-0.2, -0.15) is 0 Å². The predicted molar refractivity (Wildman–Crippen MR) is 166 cm³/mol. The molecule has 0 heterocycles. The van der Waals surface area contributed by atoms with Crippen molar-refractivity contribution in [2.24, 2.45) is 0 Å². The van der Waals surface area contributed by atoms with Gasteiger partial charge in [0, 0.05) is 28.7 Å². The number of benzene rings is 4. The number of rotatable bonds is 12. The molecule has 0 amide bonds. The maximum atomic E-state index is 13.1. The molecular weight excluding hydrogens is 508 g/mol. The molecule has 0 saturated carbocycles. The summed E-state index contributed by atoms with van der Waals surface area (Å²) in [7, 11) is 0. The summed E-state index contributed by atoms with van der Waals surface area (Å²) in [4.78, 5) is 26.3. The largest absolute Gasteiger partial charge is 0.501 e. The molecule has 0 aromatic heterocycles. The molecule has 208 valence electrons. The lowest BCUT2D eigenvalue weighted by atomic mass is 9.75. The Kier molecular flexibility index (Phi) is 9.70. The third kappa shape index (κ3) is 6.90. The van der Waals surface area contributed by atoms with Gasteiger partial charge < -0.3 is 9.47 Å². The first-order chi connectivity index (χ1) is 19.9. The minimum absolute atomic E-state index is 0.115. The van der Waals surface area contributed by atoms with E-state index in [2.05, 4.69) is 26.0 Å². The van der Waals surface area contributed by atoms with E-state index < -0.39 is 5.41 Å². The zero-order valence-electron chi connectivity index (χ0n) is 24.1. The average Bonchev–Trinajstić information content (AvgIpc) is 3.01. The van der Waals surface area contributed by atoms with Gasteiger partial charge in [0.15, 0.2) is 11.6 Å². The van der Waals surface area contributed by atoms with Gasteiger partial charge >= 0.3 is 0 Å². The highest BCUT2D eigenvalue weighted by Crippen LogP contribution is 2.38. The quantitative estimate of drug-likeness (QED) is 0.102. The van der Waals surface area contributed by atoms with Gasteiger partial charge in [-0.3, -0.25) is 9.59 Å². The van der Waals surface area contributed by atoms with E-state index in [0.717, 1.165) is 33.4 Å². The molecular formula is C37H36O4. The van der Waals surface area contributed by atoms with Crippen LogP contribution in [0.15, 0.2) is 122 Å². The fraction of sp³-hybridized carbons (Fsp3) is 0.189. The summed E-state index contributed by atoms with van der Waals surface area (Å²) in [5, 5.41) is 0. The Morgan fingerprint density at radius 3 is 1.37 bits per heavy atom. The molecule has 0 aliphatic rings. The Morgan fingerprint density at radius 1 is 0.610 bits per heavy atom. The van der Waals surface area contributed by atoms with Crippen LogP contribution in [0.3, 0.4) is 0 Å². The predicted octanol–water partition coefficient (Wildman–Crippen LogP) is 8.81. The van der Waals surface area contributed by atoms with Gasteiger partial charge in [0.05, 0.1) is 25.7 Å². The first-order valence-corrected chi connectivity index (χ1v) is 13.9. The molecule has 4 rings (SSSR count). The van der Waals surface area contributed by atoms with Crippen LogP contribution in [0.5, 0.6) is 0 Å². The van der Waals surface area contributed by atoms with Crippen molar-refractivity contribution in [3.05, 3.63) is 144 Å². The number of hydrogen-bond acceptors (Lipinski definition) is 4. The Bertz CT molecular complexity index is 1430. The highest BCUT2D eigenvalue weighted by molar-refractivity contribution is 6.10. The van der Waals surface area contributed by atoms with Crippen molar-refractivity contribution >= 4 is 11.6 Å². The number of carbonyl (C=O) groups excluding carboxylic acids is 2. The number of hydrogen-bond donors (Lipinski definition) is 0. The SMILES string of the molecule is CCOC=CC(=O)c1ccc(C(C)(C)c2ccc(C(=O)C=COCC)c(-c3ccccc3)c2)cc1-c1ccccc1. The molecule has 0 atom stereocenters. The minimum atomic E-state index is -0.432. The smallest absolute Gasteiger partial charge is 0.189 e. The minimum Gasteiger partial charge on any atom is -0.501 e. The molecule has 41 heavy (non-hydrogen) atoms. The van der Waals surface area contributed by atoms with Crippen LogP contribution >= 0.6 is 0 Å². The van der Waals surface area contributed by atoms with Gasteiger partial charge in [0.2, 0.25) is 0 Å². The summed E-state index contributed by atoms with van der Waals surface area (Å²) in [6, 6.07) is 31.9. The topological polar surface area (TPSA) is 52.6 Å². The van der Waals surface area contributed by atoms with E-state index in [1.54, 1.807) is 0 Å². The summed E-state index contributed by atoms with van der Waals surface area (Å²) in [5.41, 5.74) is 6.54. The van der Waals surface area contributed by atoms with Crippen molar-refractivity contribution in [2.45, 2.75) is 33.1 Å². The van der Waals surface area contributed by atoms with Crippen LogP contribution in [0.25, 0.3) is 22.3 Å². The molecule has 0 N–H and O–H groups in total. The fourth-order valence-electron chi connectivity index (χ4n) is 4.77. The van der Waals surface area contributed by atoms with Crippen LogP contribution in [0.4, 0.5) is 0 Å². The molecule has 0 aliphatic carbocycles. The van der Waals surface area contributed by atoms with Crippen molar-refractivity contribution in [3.63, 3.8) is 0 Å². The van der Waals surface area contributed by atoms with Gasteiger partial charge in [-0.05, 0) is 59.4 Å². The van der Waals surface area contributed by atoms with Crippen molar-refractivity contribution in [1.29, 1.82) is 0 Å². The second-order valence-corrected chi connectivity index (χ2v) is 10.1. The summed E-state index contributed by atoms with van der Waals surface area (Å²) in [6.45, 7) is 9.08. The van der Waals surface area contributed by atoms with Crippen molar-refractivity contribution < 1.29 is 19.1 Å². The second kappa shape index (κ2) is 13.6. The summed E-state index contributed by atoms with van der Waals surface area (Å²) >= 11 is 0. The third-order valence-electron chi connectivity index (χ3n) is 7.15. The monoisotopic (exact) mass is 544 g/mol. The average molecular weight is 545 g/mol. The van der Waals surface area contributed by atoms with Crippen LogP contribution in [0.1, 0.15) is 59.5 Å². The first kappa shape index (κ1) is 29.3. The molecule has 0 unspecified atom stereocenters. The van der Waals surface area contributed by atoms with Gasteiger partial charge in [0.1, 0.15) is 0 Å². The van der Waals surface area contributed by atoms with Crippen LogP contribution in [0.2, 0.25) is 0 Å². The highest BCUT2D eigenvalue weighted by Gasteiger charge is 2.27. The lowest BCUT2D eigenvalue weighted by molar-refractivity contribution is 0.103. The summed E-state index contributed by atoms with van der Waals surface area (Å²) in [5.74, 6) is -0.230. The van der Waals surface area contributed by atoms with Gasteiger partial charge in [0.25, 0.3) is 0 Å². The molecule has 0 saturated heterocycles. The standard InChI is InChI=1S/C37H36O4/c1-5-40-23-21-35(38)31-19-17-29(25-33(31)27-13-9-7-10-14-27)37(3,4)30-18-20-32(36(39)22-24-41-6-2)34(26-30)28-15-11-8-12-16-28/h7-26H,5-6H2,1-4H3. The first-order valence-electron chi connectivity index (χ1n) is 13.9. The molecule has 0 spiro atoms. The highest BCUT2D eigenvalue weighted by atomic mass is 16.5. The molecule has 4 aromatic rings. The second-order valence-electron chi connectivity index (χ2n) is 10.1. The lowest BCUT2D eigenvalue weighted by Gasteiger charge is -2.28. The van der Waals surface area contributed by atoms with E-state index >= 15 is 0 Å². The van der Waals surface area contributed by atoms with E-state index in [0.29, 0.717) is 24.3 Å². The molecule has 0 aliphatic heterocycles. The summed E-state index contributed by atoms with van der Waals surface area (Å²) in [6.07, 6.45) is 5.84. The molecule has 0 bridgehead atoms. The van der Waals surface area contributed by atoms with Crippen LogP contribution < -0.4 is 0 Å². The van der Waals surface area contributed by atoms with Crippen LogP contribution in [-0.2, 0) is 14.9 Å². The van der Waals surface area contributed by atoms with E-state index in [9.17, 15) is 9.59 Å². The Hall–Kier alpha value is -4.70. The van der Waals surface area contributed by atoms with E-state index in [1.807, 2.05) is 98.8 Å². The number of ether oxygens (including phenoxy) is 2. The Balaban J connectivity index is 1.82. The Labute approximate surface area is 243 Å². The van der Waals surface area contributed by atoms with Crippen molar-refractivity contribution in [2.75, 3.05) is 13.2 Å². The number of carbonyl (C=O) groups is 2. The fourth-order valence-corrected chi connectivity index (χ4v) is 4.77. The Morgan fingerprint density at radius 2 is 1.00 bits per heavy atom. The maximum Gasteiger partial charge on any atom is 0.189 e. The van der Waals surface area contributed by atoms with E-state index in [-0.39, 0.29) is 11.6 Å². The maximum absolute atomic E-state index is 13.1. The molecule has 4 nitrogen and oxygen atoms in total. The van der Waals surface area contributed by atoms with Crippen LogP contribution in [0, 0.1) is 0 Å². The van der Waals surface area contributed by atoms with E-state index in [1.165, 1.54) is 24.7 Å². The van der Waals surface area contributed by atoms with Gasteiger partial charge in [-0.15, -0.1) is 0 Å². The summed E-state index contributed by atoms with van der Waals surface area (Å²) < 4.78 is 10.5. The molecule has 4 aromatic carbocycles.